The lowest BCUT2D eigenvalue weighted by molar-refractivity contribution is 0.156. The predicted molar refractivity (Wildman–Crippen MR) is 78.0 cm³/mol. The maximum Gasteiger partial charge on any atom is 0.319 e. The third kappa shape index (κ3) is 3.63. The molecule has 110 valence electrons. The van der Waals surface area contributed by atoms with Crippen LogP contribution in [0.2, 0.25) is 0 Å². The Labute approximate surface area is 119 Å². The number of urea groups is 1. The van der Waals surface area contributed by atoms with Gasteiger partial charge in [0.25, 0.3) is 0 Å². The zero-order valence-corrected chi connectivity index (χ0v) is 11.8. The molecule has 0 heterocycles. The second-order valence-electron chi connectivity index (χ2n) is 5.13. The minimum atomic E-state index is -0.250. The van der Waals surface area contributed by atoms with E-state index in [9.17, 15) is 9.90 Å². The van der Waals surface area contributed by atoms with E-state index in [1.54, 1.807) is 19.2 Å². The average molecular weight is 278 g/mol. The molecule has 1 aliphatic carbocycles. The smallest absolute Gasteiger partial charge is 0.319 e. The van der Waals surface area contributed by atoms with Crippen LogP contribution in [0.3, 0.4) is 0 Å². The molecule has 0 saturated heterocycles. The van der Waals surface area contributed by atoms with Gasteiger partial charge in [-0.1, -0.05) is 25.0 Å². The number of nitrogens with one attached hydrogen (secondary N) is 2. The number of hydrogen-bond acceptors (Lipinski definition) is 3. The fraction of sp³-hybridized carbons (Fsp3) is 0.533. The Balaban J connectivity index is 1.94. The normalized spacial score (nSPS) is 22.1. The number of para-hydroxylation sites is 2. The molecule has 2 rings (SSSR count). The Morgan fingerprint density at radius 3 is 2.85 bits per heavy atom. The summed E-state index contributed by atoms with van der Waals surface area (Å²) in [6.45, 7) is 0.125. The maximum absolute atomic E-state index is 12.1. The van der Waals surface area contributed by atoms with Crippen molar-refractivity contribution >= 4 is 11.7 Å². The van der Waals surface area contributed by atoms with Gasteiger partial charge < -0.3 is 20.5 Å². The molecule has 5 nitrogen and oxygen atoms in total. The Morgan fingerprint density at radius 1 is 1.35 bits per heavy atom. The molecule has 0 bridgehead atoms. The summed E-state index contributed by atoms with van der Waals surface area (Å²) in [5.41, 5.74) is 0.642. The second-order valence-corrected chi connectivity index (χ2v) is 5.13. The van der Waals surface area contributed by atoms with Crippen LogP contribution in [0.15, 0.2) is 24.3 Å². The number of ether oxygens (including phenoxy) is 1. The lowest BCUT2D eigenvalue weighted by atomic mass is 9.85. The molecule has 0 radical (unpaired) electrons. The Morgan fingerprint density at radius 2 is 2.10 bits per heavy atom. The quantitative estimate of drug-likeness (QED) is 0.792. The van der Waals surface area contributed by atoms with E-state index in [-0.39, 0.29) is 24.6 Å². The highest BCUT2D eigenvalue weighted by Gasteiger charge is 2.25. The van der Waals surface area contributed by atoms with Gasteiger partial charge in [0.15, 0.2) is 0 Å². The van der Waals surface area contributed by atoms with Crippen molar-refractivity contribution in [3.05, 3.63) is 24.3 Å². The molecule has 0 aromatic heterocycles. The average Bonchev–Trinajstić information content (AvgIpc) is 2.48. The number of aliphatic hydroxyl groups is 1. The zero-order chi connectivity index (χ0) is 14.4. The van der Waals surface area contributed by atoms with Crippen LogP contribution >= 0.6 is 0 Å². The first-order valence-electron chi connectivity index (χ1n) is 7.06. The molecule has 3 N–H and O–H groups in total. The number of hydrogen-bond donors (Lipinski definition) is 3. The summed E-state index contributed by atoms with van der Waals surface area (Å²) in [4.78, 5) is 12.1. The lowest BCUT2D eigenvalue weighted by Crippen LogP contribution is -2.45. The highest BCUT2D eigenvalue weighted by Crippen LogP contribution is 2.25. The number of anilines is 1. The lowest BCUT2D eigenvalue weighted by Gasteiger charge is -2.30. The van der Waals surface area contributed by atoms with E-state index in [1.807, 2.05) is 12.1 Å². The first-order chi connectivity index (χ1) is 9.74. The molecule has 0 aliphatic heterocycles. The summed E-state index contributed by atoms with van der Waals surface area (Å²) >= 11 is 0. The molecular weight excluding hydrogens is 256 g/mol. The molecule has 1 saturated carbocycles. The third-order valence-corrected chi connectivity index (χ3v) is 3.82. The van der Waals surface area contributed by atoms with Crippen molar-refractivity contribution in [2.24, 2.45) is 5.92 Å². The van der Waals surface area contributed by atoms with Gasteiger partial charge in [-0.15, -0.1) is 0 Å². The van der Waals surface area contributed by atoms with Crippen LogP contribution in [0.4, 0.5) is 10.5 Å². The third-order valence-electron chi connectivity index (χ3n) is 3.82. The second kappa shape index (κ2) is 7.14. The topological polar surface area (TPSA) is 70.6 Å². The number of amides is 2. The van der Waals surface area contributed by atoms with Crippen LogP contribution in [0, 0.1) is 5.92 Å². The molecular formula is C15H22N2O3. The van der Waals surface area contributed by atoms with E-state index in [2.05, 4.69) is 10.6 Å². The van der Waals surface area contributed by atoms with Gasteiger partial charge in [0.05, 0.1) is 12.8 Å². The Hall–Kier alpha value is -1.75. The summed E-state index contributed by atoms with van der Waals surface area (Å²) in [6, 6.07) is 7.08. The van der Waals surface area contributed by atoms with Crippen LogP contribution in [-0.4, -0.2) is 30.9 Å². The van der Waals surface area contributed by atoms with Crippen LogP contribution < -0.4 is 15.4 Å². The molecule has 1 fully saturated rings. The van der Waals surface area contributed by atoms with E-state index in [4.69, 9.17) is 4.74 Å². The van der Waals surface area contributed by atoms with E-state index in [0.717, 1.165) is 25.7 Å². The minimum Gasteiger partial charge on any atom is -0.495 e. The Kier molecular flexibility index (Phi) is 5.24. The first kappa shape index (κ1) is 14.7. The van der Waals surface area contributed by atoms with Gasteiger partial charge in [-0.3, -0.25) is 0 Å². The highest BCUT2D eigenvalue weighted by molar-refractivity contribution is 5.91. The Bertz CT molecular complexity index is 450. The molecule has 2 atom stereocenters. The summed E-state index contributed by atoms with van der Waals surface area (Å²) in [6.07, 6.45) is 4.11. The van der Waals surface area contributed by atoms with Gasteiger partial charge in [-0.05, 0) is 25.0 Å². The number of carbonyl (C=O) groups is 1. The summed E-state index contributed by atoms with van der Waals surface area (Å²) < 4.78 is 5.20. The van der Waals surface area contributed by atoms with Crippen molar-refractivity contribution in [3.8, 4) is 5.75 Å². The van der Waals surface area contributed by atoms with Gasteiger partial charge in [0, 0.05) is 18.6 Å². The van der Waals surface area contributed by atoms with Crippen molar-refractivity contribution in [3.63, 3.8) is 0 Å². The van der Waals surface area contributed by atoms with E-state index in [1.165, 1.54) is 0 Å². The highest BCUT2D eigenvalue weighted by atomic mass is 16.5. The number of methoxy groups -OCH3 is 1. The standard InChI is InChI=1S/C15H22N2O3/c1-20-14-9-5-4-8-13(14)17-15(19)16-12-7-3-2-6-11(12)10-18/h4-5,8-9,11-12,18H,2-3,6-7,10H2,1H3,(H2,16,17,19). The van der Waals surface area contributed by atoms with Crippen LogP contribution in [0.5, 0.6) is 5.75 Å². The SMILES string of the molecule is COc1ccccc1NC(=O)NC1CCCCC1CO. The number of rotatable bonds is 4. The van der Waals surface area contributed by atoms with Crippen LogP contribution in [0.1, 0.15) is 25.7 Å². The molecule has 2 amide bonds. The van der Waals surface area contributed by atoms with Crippen molar-refractivity contribution in [2.45, 2.75) is 31.7 Å². The van der Waals surface area contributed by atoms with Crippen molar-refractivity contribution in [2.75, 3.05) is 19.0 Å². The molecule has 1 aromatic carbocycles. The molecule has 2 unspecified atom stereocenters. The van der Waals surface area contributed by atoms with Crippen molar-refractivity contribution < 1.29 is 14.6 Å². The van der Waals surface area contributed by atoms with Crippen molar-refractivity contribution in [1.29, 1.82) is 0 Å². The summed E-state index contributed by atoms with van der Waals surface area (Å²) in [5, 5.41) is 15.1. The maximum atomic E-state index is 12.1. The van der Waals surface area contributed by atoms with Crippen LogP contribution in [0.25, 0.3) is 0 Å². The van der Waals surface area contributed by atoms with E-state index < -0.39 is 0 Å². The van der Waals surface area contributed by atoms with Gasteiger partial charge >= 0.3 is 6.03 Å². The zero-order valence-electron chi connectivity index (χ0n) is 11.8. The predicted octanol–water partition coefficient (Wildman–Crippen LogP) is 2.37. The number of aliphatic hydroxyl groups excluding tert-OH is 1. The molecule has 1 aromatic rings. The van der Waals surface area contributed by atoms with Gasteiger partial charge in [0.2, 0.25) is 0 Å². The summed E-state index contributed by atoms with van der Waals surface area (Å²) in [5.74, 6) is 0.789. The first-order valence-corrected chi connectivity index (χ1v) is 7.06. The fourth-order valence-electron chi connectivity index (χ4n) is 2.69. The van der Waals surface area contributed by atoms with Gasteiger partial charge in [-0.25, -0.2) is 4.79 Å². The fourth-order valence-corrected chi connectivity index (χ4v) is 2.69. The van der Waals surface area contributed by atoms with Crippen molar-refractivity contribution in [1.82, 2.24) is 5.32 Å². The van der Waals surface area contributed by atoms with Gasteiger partial charge in [-0.2, -0.15) is 0 Å². The van der Waals surface area contributed by atoms with Gasteiger partial charge in [0.1, 0.15) is 5.75 Å². The summed E-state index contributed by atoms with van der Waals surface area (Å²) in [7, 11) is 1.57. The van der Waals surface area contributed by atoms with Crippen LogP contribution in [-0.2, 0) is 0 Å². The largest absolute Gasteiger partial charge is 0.495 e. The molecule has 0 spiro atoms. The molecule has 5 heteroatoms. The molecule has 1 aliphatic rings. The minimum absolute atomic E-state index is 0.0449. The van der Waals surface area contributed by atoms with E-state index in [0.29, 0.717) is 11.4 Å². The number of benzene rings is 1. The van der Waals surface area contributed by atoms with E-state index >= 15 is 0 Å². The molecule has 20 heavy (non-hydrogen) atoms. The monoisotopic (exact) mass is 278 g/mol. The number of carbonyl (C=O) groups excluding carboxylic acids is 1.